The largest absolute Gasteiger partial charge is 0.398 e. The molecule has 0 fully saturated rings. The van der Waals surface area contributed by atoms with E-state index in [4.69, 9.17) is 5.73 Å². The van der Waals surface area contributed by atoms with Gasteiger partial charge in [-0.25, -0.2) is 0 Å². The summed E-state index contributed by atoms with van der Waals surface area (Å²) in [4.78, 5) is 23.1. The molecule has 0 saturated carbocycles. The number of carbonyl (C=O) groups excluding carboxylic acids is 2. The molecule has 1 aromatic rings. The normalized spacial score (nSPS) is 10.2. The number of nitrogens with two attached hydrogens (primary N) is 1. The molecule has 0 unspecified atom stereocenters. The van der Waals surface area contributed by atoms with Crippen LogP contribution in [0.4, 0.5) is 5.69 Å². The molecule has 1 rings (SSSR count). The number of amides is 2. The van der Waals surface area contributed by atoms with Crippen LogP contribution in [0.25, 0.3) is 0 Å². The molecule has 2 amide bonds. The second-order valence-electron chi connectivity index (χ2n) is 4.32. The highest BCUT2D eigenvalue weighted by atomic mass is 16.2. The minimum Gasteiger partial charge on any atom is -0.398 e. The Balaban J connectivity index is 2.39. The predicted octanol–water partition coefficient (Wildman–Crippen LogP) is 0.913. The molecule has 0 aliphatic carbocycles. The van der Waals surface area contributed by atoms with E-state index < -0.39 is 0 Å². The molecule has 0 heterocycles. The predicted molar refractivity (Wildman–Crippen MR) is 71.1 cm³/mol. The number of anilines is 1. The van der Waals surface area contributed by atoms with Crippen molar-refractivity contribution in [2.24, 2.45) is 0 Å². The summed E-state index contributed by atoms with van der Waals surface area (Å²) in [5, 5.41) is 5.42. The molecule has 0 aliphatic rings. The van der Waals surface area contributed by atoms with Crippen molar-refractivity contribution in [2.75, 3.05) is 12.3 Å². The lowest BCUT2D eigenvalue weighted by molar-refractivity contribution is -0.121. The van der Waals surface area contributed by atoms with Crippen molar-refractivity contribution in [2.45, 2.75) is 26.3 Å². The topological polar surface area (TPSA) is 84.2 Å². The minimum atomic E-state index is -0.259. The maximum Gasteiger partial charge on any atom is 0.253 e. The van der Waals surface area contributed by atoms with E-state index in [1.807, 2.05) is 13.8 Å². The average molecular weight is 249 g/mol. The summed E-state index contributed by atoms with van der Waals surface area (Å²) >= 11 is 0. The Morgan fingerprint density at radius 1 is 1.28 bits per heavy atom. The van der Waals surface area contributed by atoms with Gasteiger partial charge in [0.25, 0.3) is 5.91 Å². The number of para-hydroxylation sites is 1. The first-order chi connectivity index (χ1) is 8.50. The first kappa shape index (κ1) is 14.0. The Kier molecular flexibility index (Phi) is 5.17. The van der Waals surface area contributed by atoms with E-state index in [-0.39, 0.29) is 24.3 Å². The summed E-state index contributed by atoms with van der Waals surface area (Å²) in [7, 11) is 0. The van der Waals surface area contributed by atoms with Gasteiger partial charge in [0.2, 0.25) is 5.91 Å². The van der Waals surface area contributed by atoms with Crippen LogP contribution in [0.15, 0.2) is 24.3 Å². The minimum absolute atomic E-state index is 0.0775. The van der Waals surface area contributed by atoms with E-state index in [1.165, 1.54) is 0 Å². The summed E-state index contributed by atoms with van der Waals surface area (Å²) in [5.41, 5.74) is 6.54. The third kappa shape index (κ3) is 4.45. The number of hydrogen-bond acceptors (Lipinski definition) is 3. The molecule has 0 saturated heterocycles. The molecule has 98 valence electrons. The summed E-state index contributed by atoms with van der Waals surface area (Å²) in [6.07, 6.45) is 0.261. The number of carbonyl (C=O) groups is 2. The highest BCUT2D eigenvalue weighted by Crippen LogP contribution is 2.09. The van der Waals surface area contributed by atoms with Crippen molar-refractivity contribution in [3.63, 3.8) is 0 Å². The standard InChI is InChI=1S/C13H19N3O2/c1-9(2)16-12(17)7-8-15-13(18)10-5-3-4-6-11(10)14/h3-6,9H,7-8,14H2,1-2H3,(H,15,18)(H,16,17). The van der Waals surface area contributed by atoms with Crippen molar-refractivity contribution >= 4 is 17.5 Å². The highest BCUT2D eigenvalue weighted by molar-refractivity contribution is 5.99. The molecule has 0 aromatic heterocycles. The van der Waals surface area contributed by atoms with Gasteiger partial charge in [-0.15, -0.1) is 0 Å². The van der Waals surface area contributed by atoms with Gasteiger partial charge in [-0.1, -0.05) is 12.1 Å². The van der Waals surface area contributed by atoms with Crippen molar-refractivity contribution in [3.05, 3.63) is 29.8 Å². The Hall–Kier alpha value is -2.04. The Morgan fingerprint density at radius 3 is 2.56 bits per heavy atom. The van der Waals surface area contributed by atoms with Crippen LogP contribution in [0.5, 0.6) is 0 Å². The van der Waals surface area contributed by atoms with E-state index in [9.17, 15) is 9.59 Å². The summed E-state index contributed by atoms with van der Waals surface area (Å²) < 4.78 is 0. The smallest absolute Gasteiger partial charge is 0.253 e. The van der Waals surface area contributed by atoms with E-state index in [0.717, 1.165) is 0 Å². The van der Waals surface area contributed by atoms with Gasteiger partial charge in [-0.3, -0.25) is 9.59 Å². The molecule has 5 heteroatoms. The lowest BCUT2D eigenvalue weighted by Gasteiger charge is -2.09. The van der Waals surface area contributed by atoms with Gasteiger partial charge in [0.15, 0.2) is 0 Å². The van der Waals surface area contributed by atoms with Crippen LogP contribution >= 0.6 is 0 Å². The van der Waals surface area contributed by atoms with Crippen molar-refractivity contribution < 1.29 is 9.59 Å². The molecule has 5 nitrogen and oxygen atoms in total. The quantitative estimate of drug-likeness (QED) is 0.678. The maximum absolute atomic E-state index is 11.7. The number of hydrogen-bond donors (Lipinski definition) is 3. The molecule has 1 aromatic carbocycles. The van der Waals surface area contributed by atoms with Gasteiger partial charge < -0.3 is 16.4 Å². The molecule has 0 radical (unpaired) electrons. The van der Waals surface area contributed by atoms with Gasteiger partial charge in [0, 0.05) is 24.7 Å². The molecular weight excluding hydrogens is 230 g/mol. The van der Waals surface area contributed by atoms with Crippen molar-refractivity contribution in [1.29, 1.82) is 0 Å². The number of benzene rings is 1. The third-order valence-electron chi connectivity index (χ3n) is 2.29. The molecule has 0 aliphatic heterocycles. The number of nitrogen functional groups attached to an aromatic ring is 1. The molecule has 4 N–H and O–H groups in total. The lowest BCUT2D eigenvalue weighted by Crippen LogP contribution is -2.34. The fourth-order valence-corrected chi connectivity index (χ4v) is 1.48. The average Bonchev–Trinajstić information content (AvgIpc) is 2.28. The van der Waals surface area contributed by atoms with E-state index in [2.05, 4.69) is 10.6 Å². The van der Waals surface area contributed by atoms with Crippen LogP contribution in [0.1, 0.15) is 30.6 Å². The van der Waals surface area contributed by atoms with Gasteiger partial charge in [0.05, 0.1) is 5.56 Å². The fourth-order valence-electron chi connectivity index (χ4n) is 1.48. The Bertz CT molecular complexity index is 430. The van der Waals surface area contributed by atoms with Crippen molar-refractivity contribution in [3.8, 4) is 0 Å². The maximum atomic E-state index is 11.7. The van der Waals surface area contributed by atoms with E-state index >= 15 is 0 Å². The Labute approximate surface area is 107 Å². The first-order valence-corrected chi connectivity index (χ1v) is 5.92. The van der Waals surface area contributed by atoms with Gasteiger partial charge >= 0.3 is 0 Å². The first-order valence-electron chi connectivity index (χ1n) is 5.92. The zero-order chi connectivity index (χ0) is 13.5. The number of nitrogens with one attached hydrogen (secondary N) is 2. The van der Waals surface area contributed by atoms with Crippen LogP contribution in [0, 0.1) is 0 Å². The molecule has 0 spiro atoms. The van der Waals surface area contributed by atoms with Gasteiger partial charge in [0.1, 0.15) is 0 Å². The van der Waals surface area contributed by atoms with Crippen LogP contribution in [-0.2, 0) is 4.79 Å². The van der Waals surface area contributed by atoms with Crippen LogP contribution in [-0.4, -0.2) is 24.4 Å². The summed E-state index contributed by atoms with van der Waals surface area (Å²) in [6.45, 7) is 4.08. The Morgan fingerprint density at radius 2 is 1.94 bits per heavy atom. The highest BCUT2D eigenvalue weighted by Gasteiger charge is 2.09. The third-order valence-corrected chi connectivity index (χ3v) is 2.29. The zero-order valence-corrected chi connectivity index (χ0v) is 10.7. The molecule has 18 heavy (non-hydrogen) atoms. The van der Waals surface area contributed by atoms with Crippen LogP contribution < -0.4 is 16.4 Å². The van der Waals surface area contributed by atoms with Crippen molar-refractivity contribution in [1.82, 2.24) is 10.6 Å². The van der Waals surface area contributed by atoms with E-state index in [0.29, 0.717) is 17.8 Å². The monoisotopic (exact) mass is 249 g/mol. The molecule has 0 bridgehead atoms. The van der Waals surface area contributed by atoms with Crippen LogP contribution in [0.3, 0.4) is 0 Å². The fraction of sp³-hybridized carbons (Fsp3) is 0.385. The zero-order valence-electron chi connectivity index (χ0n) is 10.7. The number of rotatable bonds is 5. The van der Waals surface area contributed by atoms with Gasteiger partial charge in [-0.05, 0) is 26.0 Å². The SMILES string of the molecule is CC(C)NC(=O)CCNC(=O)c1ccccc1N. The summed E-state index contributed by atoms with van der Waals surface area (Å²) in [5.74, 6) is -0.336. The van der Waals surface area contributed by atoms with E-state index in [1.54, 1.807) is 24.3 Å². The lowest BCUT2D eigenvalue weighted by atomic mass is 10.1. The van der Waals surface area contributed by atoms with Crippen LogP contribution in [0.2, 0.25) is 0 Å². The van der Waals surface area contributed by atoms with Gasteiger partial charge in [-0.2, -0.15) is 0 Å². The molecule has 0 atom stereocenters. The second kappa shape index (κ2) is 6.64. The molecular formula is C13H19N3O2. The second-order valence-corrected chi connectivity index (χ2v) is 4.32. The summed E-state index contributed by atoms with van der Waals surface area (Å²) in [6, 6.07) is 6.94.